The van der Waals surface area contributed by atoms with Gasteiger partial charge in [0.25, 0.3) is 5.91 Å². The van der Waals surface area contributed by atoms with Gasteiger partial charge in [-0.05, 0) is 18.6 Å². The highest BCUT2D eigenvalue weighted by Gasteiger charge is 2.08. The first-order valence-corrected chi connectivity index (χ1v) is 5.57. The Hall–Kier alpha value is -1.33. The molecule has 1 amide bonds. The first-order valence-electron chi connectivity index (χ1n) is 4.82. The van der Waals surface area contributed by atoms with Crippen LogP contribution in [0.15, 0.2) is 12.1 Å². The van der Waals surface area contributed by atoms with Gasteiger partial charge in [-0.2, -0.15) is 0 Å². The van der Waals surface area contributed by atoms with E-state index in [9.17, 15) is 9.59 Å². The van der Waals surface area contributed by atoms with Gasteiger partial charge < -0.3 is 10.4 Å². The monoisotopic (exact) mass is 276 g/mol. The number of hydrogen-bond donors (Lipinski definition) is 2. The molecule has 7 heteroatoms. The fourth-order valence-electron chi connectivity index (χ4n) is 1.14. The molecule has 0 aliphatic rings. The van der Waals surface area contributed by atoms with E-state index in [1.165, 1.54) is 12.1 Å². The number of rotatable bonds is 5. The van der Waals surface area contributed by atoms with Crippen molar-refractivity contribution >= 4 is 35.1 Å². The van der Waals surface area contributed by atoms with Crippen molar-refractivity contribution in [1.29, 1.82) is 0 Å². The van der Waals surface area contributed by atoms with Crippen molar-refractivity contribution < 1.29 is 14.7 Å². The third-order valence-electron chi connectivity index (χ3n) is 1.88. The highest BCUT2D eigenvalue weighted by molar-refractivity contribution is 6.33. The van der Waals surface area contributed by atoms with Gasteiger partial charge in [0.05, 0.1) is 0 Å². The lowest BCUT2D eigenvalue weighted by Crippen LogP contribution is -2.25. The van der Waals surface area contributed by atoms with E-state index < -0.39 is 5.97 Å². The van der Waals surface area contributed by atoms with Gasteiger partial charge in [0.1, 0.15) is 10.3 Å². The maximum Gasteiger partial charge on any atom is 0.303 e. The number of amides is 1. The molecule has 0 aliphatic heterocycles. The standard InChI is InChI=1S/C10H10Cl2N2O3/c11-7-4-6(5-8(12)14-7)10(17)13-3-1-2-9(15)16/h4-5H,1-3H2,(H,13,17)(H,15,16). The van der Waals surface area contributed by atoms with Crippen LogP contribution >= 0.6 is 23.2 Å². The normalized spacial score (nSPS) is 10.0. The van der Waals surface area contributed by atoms with Crippen molar-refractivity contribution in [3.05, 3.63) is 28.0 Å². The summed E-state index contributed by atoms with van der Waals surface area (Å²) in [7, 11) is 0. The van der Waals surface area contributed by atoms with Crippen LogP contribution in [0.4, 0.5) is 0 Å². The van der Waals surface area contributed by atoms with Gasteiger partial charge in [0.2, 0.25) is 0 Å². The van der Waals surface area contributed by atoms with Crippen LogP contribution < -0.4 is 5.32 Å². The number of carboxylic acids is 1. The molecule has 92 valence electrons. The lowest BCUT2D eigenvalue weighted by atomic mass is 10.2. The summed E-state index contributed by atoms with van der Waals surface area (Å²) < 4.78 is 0. The van der Waals surface area contributed by atoms with Crippen LogP contribution in [-0.4, -0.2) is 28.5 Å². The van der Waals surface area contributed by atoms with Gasteiger partial charge in [-0.1, -0.05) is 23.2 Å². The number of carboxylic acid groups (broad SMARTS) is 1. The lowest BCUT2D eigenvalue weighted by Gasteiger charge is -2.04. The average Bonchev–Trinajstić information content (AvgIpc) is 2.22. The molecule has 0 bridgehead atoms. The van der Waals surface area contributed by atoms with Crippen LogP contribution in [0.3, 0.4) is 0 Å². The molecule has 0 aromatic carbocycles. The van der Waals surface area contributed by atoms with Gasteiger partial charge in [-0.15, -0.1) is 0 Å². The van der Waals surface area contributed by atoms with Gasteiger partial charge in [0.15, 0.2) is 0 Å². The number of halogens is 2. The van der Waals surface area contributed by atoms with Crippen LogP contribution in [0.1, 0.15) is 23.2 Å². The molecule has 5 nitrogen and oxygen atoms in total. The smallest absolute Gasteiger partial charge is 0.303 e. The van der Waals surface area contributed by atoms with Gasteiger partial charge >= 0.3 is 5.97 Å². The third kappa shape index (κ3) is 5.01. The number of pyridine rings is 1. The van der Waals surface area contributed by atoms with Crippen molar-refractivity contribution in [2.24, 2.45) is 0 Å². The first-order chi connectivity index (χ1) is 7.99. The summed E-state index contributed by atoms with van der Waals surface area (Å²) >= 11 is 11.3. The minimum atomic E-state index is -0.894. The molecule has 0 aliphatic carbocycles. The molecule has 17 heavy (non-hydrogen) atoms. The molecule has 0 fully saturated rings. The maximum absolute atomic E-state index is 11.6. The SMILES string of the molecule is O=C(O)CCCNC(=O)c1cc(Cl)nc(Cl)c1. The summed E-state index contributed by atoms with van der Waals surface area (Å²) in [5, 5.41) is 11.2. The highest BCUT2D eigenvalue weighted by atomic mass is 35.5. The molecular formula is C10H10Cl2N2O3. The number of carbonyl (C=O) groups is 2. The predicted octanol–water partition coefficient (Wildman–Crippen LogP) is 1.98. The number of hydrogen-bond acceptors (Lipinski definition) is 3. The second kappa shape index (κ2) is 6.42. The Morgan fingerprint density at radius 3 is 2.41 bits per heavy atom. The van der Waals surface area contributed by atoms with Crippen LogP contribution in [0.2, 0.25) is 10.3 Å². The Kier molecular flexibility index (Phi) is 5.18. The minimum Gasteiger partial charge on any atom is -0.481 e. The summed E-state index contributed by atoms with van der Waals surface area (Å²) in [6, 6.07) is 2.78. The zero-order valence-corrected chi connectivity index (χ0v) is 10.3. The second-order valence-electron chi connectivity index (χ2n) is 3.25. The summed E-state index contributed by atoms with van der Waals surface area (Å²) in [6.45, 7) is 0.280. The predicted molar refractivity (Wildman–Crippen MR) is 63.5 cm³/mol. The number of nitrogens with one attached hydrogen (secondary N) is 1. The highest BCUT2D eigenvalue weighted by Crippen LogP contribution is 2.14. The molecule has 1 aromatic heterocycles. The van der Waals surface area contributed by atoms with Crippen LogP contribution in [-0.2, 0) is 4.79 Å². The number of carbonyl (C=O) groups excluding carboxylic acids is 1. The Bertz CT molecular complexity index is 417. The van der Waals surface area contributed by atoms with Gasteiger partial charge in [0, 0.05) is 18.5 Å². The fourth-order valence-corrected chi connectivity index (χ4v) is 1.60. The lowest BCUT2D eigenvalue weighted by molar-refractivity contribution is -0.137. The van der Waals surface area contributed by atoms with Gasteiger partial charge in [-0.3, -0.25) is 9.59 Å². The van der Waals surface area contributed by atoms with Crippen LogP contribution in [0.5, 0.6) is 0 Å². The topological polar surface area (TPSA) is 79.3 Å². The van der Waals surface area contributed by atoms with Crippen molar-refractivity contribution in [3.63, 3.8) is 0 Å². The third-order valence-corrected chi connectivity index (χ3v) is 2.27. The molecule has 0 saturated carbocycles. The molecule has 0 radical (unpaired) electrons. The fraction of sp³-hybridized carbons (Fsp3) is 0.300. The summed E-state index contributed by atoms with van der Waals surface area (Å²) in [5.41, 5.74) is 0.297. The van der Waals surface area contributed by atoms with E-state index in [4.69, 9.17) is 28.3 Å². The number of nitrogens with zero attached hydrogens (tertiary/aromatic N) is 1. The van der Waals surface area contributed by atoms with Gasteiger partial charge in [-0.25, -0.2) is 4.98 Å². The second-order valence-corrected chi connectivity index (χ2v) is 4.03. The zero-order valence-electron chi connectivity index (χ0n) is 8.74. The van der Waals surface area contributed by atoms with E-state index >= 15 is 0 Å². The largest absolute Gasteiger partial charge is 0.481 e. The van der Waals surface area contributed by atoms with E-state index in [0.717, 1.165) is 0 Å². The molecule has 0 unspecified atom stereocenters. The quantitative estimate of drug-likeness (QED) is 0.637. The minimum absolute atomic E-state index is 0.0120. The summed E-state index contributed by atoms with van der Waals surface area (Å²) in [5.74, 6) is -1.25. The van der Waals surface area contributed by atoms with Crippen LogP contribution in [0, 0.1) is 0 Å². The van der Waals surface area contributed by atoms with Crippen molar-refractivity contribution in [3.8, 4) is 0 Å². The molecule has 1 heterocycles. The molecule has 2 N–H and O–H groups in total. The summed E-state index contributed by atoms with van der Waals surface area (Å²) in [4.78, 5) is 25.5. The van der Waals surface area contributed by atoms with E-state index in [0.29, 0.717) is 12.0 Å². The van der Waals surface area contributed by atoms with Crippen molar-refractivity contribution in [2.75, 3.05) is 6.54 Å². The molecule has 0 spiro atoms. The molecule has 0 atom stereocenters. The van der Waals surface area contributed by atoms with E-state index in [2.05, 4.69) is 10.3 Å². The zero-order chi connectivity index (χ0) is 12.8. The molecule has 1 aromatic rings. The van der Waals surface area contributed by atoms with Crippen LogP contribution in [0.25, 0.3) is 0 Å². The Morgan fingerprint density at radius 2 is 1.88 bits per heavy atom. The Morgan fingerprint density at radius 1 is 1.29 bits per heavy atom. The molecular weight excluding hydrogens is 267 g/mol. The van der Waals surface area contributed by atoms with E-state index in [1.54, 1.807) is 0 Å². The molecule has 1 rings (SSSR count). The average molecular weight is 277 g/mol. The molecule has 0 saturated heterocycles. The summed E-state index contributed by atoms with van der Waals surface area (Å²) in [6.07, 6.45) is 0.381. The van der Waals surface area contributed by atoms with E-state index in [-0.39, 0.29) is 29.2 Å². The Balaban J connectivity index is 2.49. The number of aliphatic carboxylic acids is 1. The van der Waals surface area contributed by atoms with Crippen molar-refractivity contribution in [2.45, 2.75) is 12.8 Å². The van der Waals surface area contributed by atoms with E-state index in [1.807, 2.05) is 0 Å². The number of aromatic nitrogens is 1. The van der Waals surface area contributed by atoms with Crippen molar-refractivity contribution in [1.82, 2.24) is 10.3 Å². The Labute approximate surface area is 108 Å². The first kappa shape index (κ1) is 13.7. The maximum atomic E-state index is 11.6.